The summed E-state index contributed by atoms with van der Waals surface area (Å²) in [5, 5.41) is 0. The van der Waals surface area contributed by atoms with E-state index in [1.165, 1.54) is 38.5 Å². The zero-order valence-corrected chi connectivity index (χ0v) is 8.84. The highest BCUT2D eigenvalue weighted by Crippen LogP contribution is 2.47. The molecule has 1 heteroatoms. The van der Waals surface area contributed by atoms with Gasteiger partial charge in [-0.05, 0) is 49.5 Å². The van der Waals surface area contributed by atoms with Gasteiger partial charge in [0.2, 0.25) is 0 Å². The lowest BCUT2D eigenvalue weighted by molar-refractivity contribution is 0.0572. The van der Waals surface area contributed by atoms with Crippen LogP contribution in [0.3, 0.4) is 0 Å². The van der Waals surface area contributed by atoms with Crippen LogP contribution in [-0.2, 0) is 0 Å². The molecule has 2 N–H and O–H groups in total. The minimum Gasteiger partial charge on any atom is -0.330 e. The van der Waals surface area contributed by atoms with Crippen molar-refractivity contribution < 1.29 is 0 Å². The molecule has 0 saturated heterocycles. The van der Waals surface area contributed by atoms with Crippen LogP contribution in [0.4, 0.5) is 0 Å². The van der Waals surface area contributed by atoms with Gasteiger partial charge in [0.15, 0.2) is 0 Å². The second kappa shape index (κ2) is 4.00. The quantitative estimate of drug-likeness (QED) is 0.696. The molecule has 2 rings (SSSR count). The molecule has 13 heavy (non-hydrogen) atoms. The molecule has 2 unspecified atom stereocenters. The fourth-order valence-corrected chi connectivity index (χ4v) is 3.83. The molecule has 2 fully saturated rings. The largest absolute Gasteiger partial charge is 0.330 e. The smallest absolute Gasteiger partial charge is 0.00744 e. The van der Waals surface area contributed by atoms with Crippen molar-refractivity contribution >= 4 is 0 Å². The van der Waals surface area contributed by atoms with Gasteiger partial charge in [0.1, 0.15) is 0 Å². The van der Waals surface area contributed by atoms with Crippen LogP contribution in [0.2, 0.25) is 0 Å². The predicted octanol–water partition coefficient (Wildman–Crippen LogP) is 2.80. The van der Waals surface area contributed by atoms with Crippen LogP contribution in [0.15, 0.2) is 0 Å². The second-order valence-corrected chi connectivity index (χ2v) is 5.27. The number of rotatable bonds is 2. The lowest BCUT2D eigenvalue weighted by Gasteiger charge is -2.45. The third-order valence-electron chi connectivity index (χ3n) is 4.27. The maximum absolute atomic E-state index is 5.70. The van der Waals surface area contributed by atoms with Crippen LogP contribution < -0.4 is 5.73 Å². The summed E-state index contributed by atoms with van der Waals surface area (Å²) in [4.78, 5) is 0. The summed E-state index contributed by atoms with van der Waals surface area (Å²) in [6.45, 7) is 3.34. The number of hydrogen-bond acceptors (Lipinski definition) is 1. The third-order valence-corrected chi connectivity index (χ3v) is 4.27. The van der Waals surface area contributed by atoms with Gasteiger partial charge in [-0.1, -0.05) is 26.2 Å². The standard InChI is InChI=1S/C12H23N/c1-9-7-10-3-2-4-11(8-9)12(10)5-6-13/h9-12H,2-8,13H2,1H3. The average Bonchev–Trinajstić information content (AvgIpc) is 2.07. The van der Waals surface area contributed by atoms with Gasteiger partial charge in [-0.3, -0.25) is 0 Å². The van der Waals surface area contributed by atoms with Crippen LogP contribution in [0.5, 0.6) is 0 Å². The van der Waals surface area contributed by atoms with Gasteiger partial charge in [0.25, 0.3) is 0 Å². The Morgan fingerprint density at radius 2 is 1.77 bits per heavy atom. The van der Waals surface area contributed by atoms with E-state index in [2.05, 4.69) is 6.92 Å². The minimum atomic E-state index is 0.909. The predicted molar refractivity (Wildman–Crippen MR) is 56.4 cm³/mol. The van der Waals surface area contributed by atoms with E-state index >= 15 is 0 Å². The van der Waals surface area contributed by atoms with Crippen molar-refractivity contribution in [2.75, 3.05) is 6.54 Å². The highest BCUT2D eigenvalue weighted by Gasteiger charge is 2.37. The molecular weight excluding hydrogens is 158 g/mol. The molecule has 2 aliphatic rings. The van der Waals surface area contributed by atoms with Gasteiger partial charge in [0, 0.05) is 0 Å². The Balaban J connectivity index is 2.01. The Morgan fingerprint density at radius 3 is 2.31 bits per heavy atom. The van der Waals surface area contributed by atoms with E-state index < -0.39 is 0 Å². The van der Waals surface area contributed by atoms with E-state index in [4.69, 9.17) is 5.73 Å². The van der Waals surface area contributed by atoms with Crippen LogP contribution in [-0.4, -0.2) is 6.54 Å². The van der Waals surface area contributed by atoms with Crippen LogP contribution in [0.25, 0.3) is 0 Å². The minimum absolute atomic E-state index is 0.909. The molecule has 76 valence electrons. The molecule has 2 aliphatic carbocycles. The first-order valence-electron chi connectivity index (χ1n) is 6.01. The molecule has 0 spiro atoms. The summed E-state index contributed by atoms with van der Waals surface area (Å²) in [6, 6.07) is 0. The molecule has 0 heterocycles. The Kier molecular flexibility index (Phi) is 2.92. The molecule has 1 nitrogen and oxygen atoms in total. The third kappa shape index (κ3) is 1.90. The topological polar surface area (TPSA) is 26.0 Å². The fourth-order valence-electron chi connectivity index (χ4n) is 3.83. The van der Waals surface area contributed by atoms with Crippen LogP contribution >= 0.6 is 0 Å². The SMILES string of the molecule is CC1CC2CCCC(C1)C2CCN. The maximum atomic E-state index is 5.70. The highest BCUT2D eigenvalue weighted by molar-refractivity contribution is 4.88. The molecule has 0 aliphatic heterocycles. The molecular formula is C12H23N. The number of hydrogen-bond donors (Lipinski definition) is 1. The van der Waals surface area contributed by atoms with Gasteiger partial charge >= 0.3 is 0 Å². The fraction of sp³-hybridized carbons (Fsp3) is 1.00. The van der Waals surface area contributed by atoms with E-state index in [1.807, 2.05) is 0 Å². The normalized spacial score (nSPS) is 44.8. The first-order chi connectivity index (χ1) is 6.31. The Hall–Kier alpha value is -0.0400. The van der Waals surface area contributed by atoms with Crippen molar-refractivity contribution in [1.82, 2.24) is 0 Å². The zero-order valence-electron chi connectivity index (χ0n) is 8.84. The number of nitrogens with two attached hydrogens (primary N) is 1. The van der Waals surface area contributed by atoms with Crippen molar-refractivity contribution in [3.8, 4) is 0 Å². The summed E-state index contributed by atoms with van der Waals surface area (Å²) in [5.74, 6) is 4.05. The van der Waals surface area contributed by atoms with E-state index in [-0.39, 0.29) is 0 Å². The van der Waals surface area contributed by atoms with Gasteiger partial charge < -0.3 is 5.73 Å². The summed E-state index contributed by atoms with van der Waals surface area (Å²) in [7, 11) is 0. The van der Waals surface area contributed by atoms with E-state index in [0.717, 1.165) is 30.2 Å². The Labute approximate surface area is 82.1 Å². The van der Waals surface area contributed by atoms with E-state index in [1.54, 1.807) is 0 Å². The molecule has 2 bridgehead atoms. The highest BCUT2D eigenvalue weighted by atomic mass is 14.5. The summed E-state index contributed by atoms with van der Waals surface area (Å²) < 4.78 is 0. The number of fused-ring (bicyclic) bond motifs is 2. The molecule has 0 radical (unpaired) electrons. The Bertz CT molecular complexity index is 153. The summed E-state index contributed by atoms with van der Waals surface area (Å²) in [6.07, 6.45) is 8.74. The van der Waals surface area contributed by atoms with Crippen LogP contribution in [0.1, 0.15) is 45.4 Å². The molecule has 2 saturated carbocycles. The van der Waals surface area contributed by atoms with Gasteiger partial charge in [-0.15, -0.1) is 0 Å². The lowest BCUT2D eigenvalue weighted by Crippen LogP contribution is -2.36. The van der Waals surface area contributed by atoms with Crippen molar-refractivity contribution in [3.63, 3.8) is 0 Å². The van der Waals surface area contributed by atoms with E-state index in [0.29, 0.717) is 0 Å². The average molecular weight is 181 g/mol. The van der Waals surface area contributed by atoms with Gasteiger partial charge in [0.05, 0.1) is 0 Å². The van der Waals surface area contributed by atoms with Gasteiger partial charge in [-0.2, -0.15) is 0 Å². The van der Waals surface area contributed by atoms with Crippen molar-refractivity contribution in [1.29, 1.82) is 0 Å². The monoisotopic (exact) mass is 181 g/mol. The molecule has 0 amide bonds. The van der Waals surface area contributed by atoms with E-state index in [9.17, 15) is 0 Å². The van der Waals surface area contributed by atoms with Crippen molar-refractivity contribution in [2.45, 2.75) is 45.4 Å². The second-order valence-electron chi connectivity index (χ2n) is 5.27. The molecule has 0 aromatic carbocycles. The van der Waals surface area contributed by atoms with Crippen LogP contribution in [0, 0.1) is 23.7 Å². The zero-order chi connectivity index (χ0) is 9.26. The summed E-state index contributed by atoms with van der Waals surface area (Å²) >= 11 is 0. The van der Waals surface area contributed by atoms with Crippen molar-refractivity contribution in [2.24, 2.45) is 29.4 Å². The first kappa shape index (κ1) is 9.51. The van der Waals surface area contributed by atoms with Crippen molar-refractivity contribution in [3.05, 3.63) is 0 Å². The molecule has 0 aromatic heterocycles. The lowest BCUT2D eigenvalue weighted by atomic mass is 9.61. The summed E-state index contributed by atoms with van der Waals surface area (Å²) in [5.41, 5.74) is 5.70. The molecule has 2 atom stereocenters. The molecule has 0 aromatic rings. The Morgan fingerprint density at radius 1 is 1.15 bits per heavy atom. The maximum Gasteiger partial charge on any atom is -0.00744 e. The first-order valence-corrected chi connectivity index (χ1v) is 6.01. The van der Waals surface area contributed by atoms with Gasteiger partial charge in [-0.25, -0.2) is 0 Å².